The van der Waals surface area contributed by atoms with Gasteiger partial charge in [-0.15, -0.1) is 5.10 Å². The molecule has 8 heteroatoms. The number of nitrogens with zero attached hydrogens (tertiary/aromatic N) is 6. The van der Waals surface area contributed by atoms with Gasteiger partial charge < -0.3 is 14.2 Å². The fourth-order valence-corrected chi connectivity index (χ4v) is 5.78. The maximum absolute atomic E-state index is 14.1. The standard InChI is InChI=1S/C29H32N6O2/c1-20-17-33(19-30-20)26-14-13-22(16-28(26)37-2)24-18-34(32-31-24)27-15-12-21-8-6-7-11-25(21)35(29(27)36)23-9-4-3-5-10-23/h6-8,11,13-14,16-19,23,27H,3-5,9-10,12,15H2,1-2H3. The first-order chi connectivity index (χ1) is 18.1. The topological polar surface area (TPSA) is 78.1 Å². The van der Waals surface area contributed by atoms with Crippen LogP contribution in [-0.2, 0) is 11.2 Å². The Morgan fingerprint density at radius 2 is 1.81 bits per heavy atom. The van der Waals surface area contributed by atoms with Crippen LogP contribution < -0.4 is 9.64 Å². The van der Waals surface area contributed by atoms with Gasteiger partial charge in [0.15, 0.2) is 0 Å². The summed E-state index contributed by atoms with van der Waals surface area (Å²) in [5, 5.41) is 8.92. The van der Waals surface area contributed by atoms with Gasteiger partial charge in [-0.25, -0.2) is 9.67 Å². The fraction of sp³-hybridized carbons (Fsp3) is 0.379. The predicted octanol–water partition coefficient (Wildman–Crippen LogP) is 5.30. The third kappa shape index (κ3) is 4.41. The first-order valence-electron chi connectivity index (χ1n) is 13.1. The SMILES string of the molecule is COc1cc(-c2cn(C3CCc4ccccc4N(C4CCCCC4)C3=O)nn2)ccc1-n1cnc(C)c1. The first-order valence-corrected chi connectivity index (χ1v) is 13.1. The average molecular weight is 497 g/mol. The van der Waals surface area contributed by atoms with Gasteiger partial charge in [-0.1, -0.05) is 48.7 Å². The lowest BCUT2D eigenvalue weighted by atomic mass is 9.93. The van der Waals surface area contributed by atoms with Crippen molar-refractivity contribution in [1.29, 1.82) is 0 Å². The largest absolute Gasteiger partial charge is 0.495 e. The van der Waals surface area contributed by atoms with E-state index in [1.165, 1.54) is 24.8 Å². The van der Waals surface area contributed by atoms with Gasteiger partial charge in [-0.05, 0) is 56.4 Å². The Kier molecular flexibility index (Phi) is 6.24. The highest BCUT2D eigenvalue weighted by molar-refractivity contribution is 5.98. The summed E-state index contributed by atoms with van der Waals surface area (Å²) in [7, 11) is 1.66. The molecule has 1 aliphatic heterocycles. The number of benzene rings is 2. The van der Waals surface area contributed by atoms with Crippen molar-refractivity contribution < 1.29 is 9.53 Å². The van der Waals surface area contributed by atoms with E-state index in [1.54, 1.807) is 18.1 Å². The molecule has 8 nitrogen and oxygen atoms in total. The number of imidazole rings is 1. The van der Waals surface area contributed by atoms with Gasteiger partial charge in [-0.3, -0.25) is 4.79 Å². The zero-order valence-electron chi connectivity index (χ0n) is 21.4. The summed E-state index contributed by atoms with van der Waals surface area (Å²) < 4.78 is 9.38. The Bertz CT molecular complexity index is 1420. The number of aryl methyl sites for hydroxylation is 2. The van der Waals surface area contributed by atoms with Crippen LogP contribution >= 0.6 is 0 Å². The molecule has 3 heterocycles. The van der Waals surface area contributed by atoms with Crippen LogP contribution in [0, 0.1) is 6.92 Å². The summed E-state index contributed by atoms with van der Waals surface area (Å²) in [6.07, 6.45) is 12.9. The maximum Gasteiger partial charge on any atom is 0.252 e. The summed E-state index contributed by atoms with van der Waals surface area (Å²) >= 11 is 0. The highest BCUT2D eigenvalue weighted by atomic mass is 16.5. The van der Waals surface area contributed by atoms with Gasteiger partial charge in [0.25, 0.3) is 5.91 Å². The number of fused-ring (bicyclic) bond motifs is 1. The number of hydrogen-bond acceptors (Lipinski definition) is 5. The molecule has 1 aliphatic carbocycles. The number of carbonyl (C=O) groups excluding carboxylic acids is 1. The van der Waals surface area contributed by atoms with Gasteiger partial charge >= 0.3 is 0 Å². The van der Waals surface area contributed by atoms with Crippen LogP contribution in [0.25, 0.3) is 16.9 Å². The van der Waals surface area contributed by atoms with E-state index in [4.69, 9.17) is 4.74 Å². The van der Waals surface area contributed by atoms with Crippen LogP contribution in [0.2, 0.25) is 0 Å². The van der Waals surface area contributed by atoms with Crippen molar-refractivity contribution in [3.63, 3.8) is 0 Å². The molecule has 0 saturated heterocycles. The van der Waals surface area contributed by atoms with Crippen molar-refractivity contribution in [3.8, 4) is 22.7 Å². The monoisotopic (exact) mass is 496 g/mol. The van der Waals surface area contributed by atoms with Crippen LogP contribution in [-0.4, -0.2) is 43.6 Å². The van der Waals surface area contributed by atoms with E-state index in [9.17, 15) is 4.79 Å². The van der Waals surface area contributed by atoms with Crippen LogP contribution in [0.3, 0.4) is 0 Å². The van der Waals surface area contributed by atoms with Gasteiger partial charge in [-0.2, -0.15) is 0 Å². The molecule has 0 N–H and O–H groups in total. The number of ether oxygens (including phenoxy) is 1. The maximum atomic E-state index is 14.1. The van der Waals surface area contributed by atoms with E-state index >= 15 is 0 Å². The molecule has 190 valence electrons. The molecule has 0 spiro atoms. The number of anilines is 1. The molecule has 0 radical (unpaired) electrons. The number of methoxy groups -OCH3 is 1. The summed E-state index contributed by atoms with van der Waals surface area (Å²) in [6, 6.07) is 14.2. The highest BCUT2D eigenvalue weighted by Crippen LogP contribution is 2.37. The molecule has 2 aromatic heterocycles. The summed E-state index contributed by atoms with van der Waals surface area (Å²) in [6.45, 7) is 1.96. The predicted molar refractivity (Wildman–Crippen MR) is 142 cm³/mol. The zero-order valence-corrected chi connectivity index (χ0v) is 21.4. The molecular weight excluding hydrogens is 464 g/mol. The molecule has 2 aromatic carbocycles. The quantitative estimate of drug-likeness (QED) is 0.375. The second kappa shape index (κ2) is 9.84. The Hall–Kier alpha value is -3.94. The molecule has 1 atom stereocenters. The van der Waals surface area contributed by atoms with E-state index < -0.39 is 0 Å². The molecule has 1 fully saturated rings. The Morgan fingerprint density at radius 1 is 0.973 bits per heavy atom. The Balaban J connectivity index is 1.31. The smallest absolute Gasteiger partial charge is 0.252 e. The minimum Gasteiger partial charge on any atom is -0.495 e. The number of carbonyl (C=O) groups is 1. The number of aromatic nitrogens is 5. The van der Waals surface area contributed by atoms with Crippen molar-refractivity contribution in [1.82, 2.24) is 24.5 Å². The van der Waals surface area contributed by atoms with Crippen molar-refractivity contribution in [2.24, 2.45) is 0 Å². The van der Waals surface area contributed by atoms with Crippen LogP contribution in [0.5, 0.6) is 5.75 Å². The zero-order chi connectivity index (χ0) is 25.4. The molecule has 4 aromatic rings. The third-order valence-electron chi connectivity index (χ3n) is 7.70. The lowest BCUT2D eigenvalue weighted by Gasteiger charge is -2.36. The fourth-order valence-electron chi connectivity index (χ4n) is 5.78. The molecule has 0 bridgehead atoms. The molecule has 1 amide bonds. The van der Waals surface area contributed by atoms with Crippen molar-refractivity contribution in [2.75, 3.05) is 12.0 Å². The van der Waals surface area contributed by atoms with Gasteiger partial charge in [0, 0.05) is 23.5 Å². The number of hydrogen-bond donors (Lipinski definition) is 0. The summed E-state index contributed by atoms with van der Waals surface area (Å²) in [5.74, 6) is 0.839. The highest BCUT2D eigenvalue weighted by Gasteiger charge is 2.36. The Morgan fingerprint density at radius 3 is 2.59 bits per heavy atom. The summed E-state index contributed by atoms with van der Waals surface area (Å²) in [5.41, 5.74) is 5.74. The molecule has 1 unspecified atom stereocenters. The van der Waals surface area contributed by atoms with Gasteiger partial charge in [0.2, 0.25) is 0 Å². The van der Waals surface area contributed by atoms with Crippen molar-refractivity contribution in [2.45, 2.75) is 64.0 Å². The van der Waals surface area contributed by atoms with E-state index in [-0.39, 0.29) is 18.0 Å². The van der Waals surface area contributed by atoms with Crippen LogP contribution in [0.4, 0.5) is 5.69 Å². The first kappa shape index (κ1) is 23.5. The lowest BCUT2D eigenvalue weighted by Crippen LogP contribution is -2.45. The lowest BCUT2D eigenvalue weighted by molar-refractivity contribution is -0.122. The number of rotatable bonds is 5. The van der Waals surface area contributed by atoms with E-state index in [1.807, 2.05) is 48.1 Å². The van der Waals surface area contributed by atoms with Gasteiger partial charge in [0.05, 0.1) is 31.0 Å². The van der Waals surface area contributed by atoms with Gasteiger partial charge in [0.1, 0.15) is 17.5 Å². The molecular formula is C29H32N6O2. The average Bonchev–Trinajstić information content (AvgIpc) is 3.56. The number of amides is 1. The normalized spacial score (nSPS) is 18.5. The van der Waals surface area contributed by atoms with Crippen molar-refractivity contribution in [3.05, 3.63) is 72.4 Å². The molecule has 6 rings (SSSR count). The second-order valence-electron chi connectivity index (χ2n) is 10.1. The summed E-state index contributed by atoms with van der Waals surface area (Å²) in [4.78, 5) is 20.5. The number of para-hydroxylation sites is 1. The van der Waals surface area contributed by atoms with Crippen molar-refractivity contribution >= 4 is 11.6 Å². The minimum atomic E-state index is -0.384. The van der Waals surface area contributed by atoms with E-state index in [2.05, 4.69) is 38.4 Å². The van der Waals surface area contributed by atoms with E-state index in [0.29, 0.717) is 17.9 Å². The molecule has 37 heavy (non-hydrogen) atoms. The van der Waals surface area contributed by atoms with E-state index in [0.717, 1.165) is 41.9 Å². The molecule has 1 saturated carbocycles. The van der Waals surface area contributed by atoms with Crippen LogP contribution in [0.1, 0.15) is 55.8 Å². The van der Waals surface area contributed by atoms with Crippen LogP contribution in [0.15, 0.2) is 61.2 Å². The molecule has 2 aliphatic rings. The third-order valence-corrected chi connectivity index (χ3v) is 7.70. The second-order valence-corrected chi connectivity index (χ2v) is 10.1. The minimum absolute atomic E-state index is 0.122. The Labute approximate surface area is 216 Å².